The minimum atomic E-state index is 0.402. The summed E-state index contributed by atoms with van der Waals surface area (Å²) >= 11 is 0. The molecule has 1 saturated heterocycles. The van der Waals surface area contributed by atoms with Crippen LogP contribution in [0, 0.1) is 25.7 Å². The highest BCUT2D eigenvalue weighted by Crippen LogP contribution is 2.28. The van der Waals surface area contributed by atoms with E-state index in [9.17, 15) is 4.79 Å². The number of benzene rings is 1. The molecule has 27 heavy (non-hydrogen) atoms. The standard InChI is InChI=1S/C23H33N3O/c1-17-12-21-22(13-18(17)2)26(16-24-21)15-20-8-10-25(11-9-20)23(27)14-19-6-4-3-5-7-19/h12-13,16,19-20H,3-11,14-15H2,1-2H3. The number of fused-ring (bicyclic) bond motifs is 1. The van der Waals surface area contributed by atoms with E-state index in [1.54, 1.807) is 0 Å². The smallest absolute Gasteiger partial charge is 0.222 e. The van der Waals surface area contributed by atoms with Crippen LogP contribution in [0.15, 0.2) is 18.5 Å². The first-order valence-electron chi connectivity index (χ1n) is 10.8. The zero-order valence-corrected chi connectivity index (χ0v) is 16.9. The Morgan fingerprint density at radius 1 is 1.00 bits per heavy atom. The predicted octanol–water partition coefficient (Wildman–Crippen LogP) is 4.86. The molecule has 0 N–H and O–H groups in total. The quantitative estimate of drug-likeness (QED) is 0.774. The highest BCUT2D eigenvalue weighted by Gasteiger charge is 2.26. The molecule has 0 bridgehead atoms. The summed E-state index contributed by atoms with van der Waals surface area (Å²) in [6.07, 6.45) is 11.5. The predicted molar refractivity (Wildman–Crippen MR) is 110 cm³/mol. The first-order chi connectivity index (χ1) is 13.1. The van der Waals surface area contributed by atoms with Gasteiger partial charge in [-0.25, -0.2) is 4.98 Å². The van der Waals surface area contributed by atoms with Gasteiger partial charge in [-0.15, -0.1) is 0 Å². The molecule has 1 aliphatic carbocycles. The van der Waals surface area contributed by atoms with E-state index >= 15 is 0 Å². The minimum absolute atomic E-state index is 0.402. The van der Waals surface area contributed by atoms with Gasteiger partial charge in [-0.1, -0.05) is 19.3 Å². The first-order valence-corrected chi connectivity index (χ1v) is 10.8. The fourth-order valence-electron chi connectivity index (χ4n) is 4.87. The van der Waals surface area contributed by atoms with Crippen LogP contribution < -0.4 is 0 Å². The molecular formula is C23H33N3O. The van der Waals surface area contributed by atoms with Crippen molar-refractivity contribution >= 4 is 16.9 Å². The van der Waals surface area contributed by atoms with Gasteiger partial charge < -0.3 is 9.47 Å². The number of hydrogen-bond acceptors (Lipinski definition) is 2. The second-order valence-corrected chi connectivity index (χ2v) is 8.85. The van der Waals surface area contributed by atoms with Gasteiger partial charge in [0.1, 0.15) is 0 Å². The zero-order valence-electron chi connectivity index (χ0n) is 16.9. The van der Waals surface area contributed by atoms with Gasteiger partial charge in [0.2, 0.25) is 5.91 Å². The van der Waals surface area contributed by atoms with Crippen molar-refractivity contribution in [2.75, 3.05) is 13.1 Å². The fraction of sp³-hybridized carbons (Fsp3) is 0.652. The third kappa shape index (κ3) is 4.20. The molecule has 146 valence electrons. The Balaban J connectivity index is 1.32. The van der Waals surface area contributed by atoms with E-state index in [0.717, 1.165) is 44.4 Å². The van der Waals surface area contributed by atoms with Crippen molar-refractivity contribution < 1.29 is 4.79 Å². The average molecular weight is 368 g/mol. The van der Waals surface area contributed by atoms with Crippen LogP contribution >= 0.6 is 0 Å². The number of hydrogen-bond donors (Lipinski definition) is 0. The Morgan fingerprint density at radius 2 is 1.70 bits per heavy atom. The second-order valence-electron chi connectivity index (χ2n) is 8.85. The van der Waals surface area contributed by atoms with Crippen LogP contribution in [0.4, 0.5) is 0 Å². The lowest BCUT2D eigenvalue weighted by Crippen LogP contribution is -2.40. The van der Waals surface area contributed by atoms with Crippen molar-refractivity contribution in [1.29, 1.82) is 0 Å². The maximum Gasteiger partial charge on any atom is 0.222 e. The maximum absolute atomic E-state index is 12.6. The maximum atomic E-state index is 12.6. The minimum Gasteiger partial charge on any atom is -0.343 e. The van der Waals surface area contributed by atoms with E-state index in [2.05, 4.69) is 40.4 Å². The van der Waals surface area contributed by atoms with Crippen molar-refractivity contribution in [2.24, 2.45) is 11.8 Å². The van der Waals surface area contributed by atoms with Gasteiger partial charge in [0, 0.05) is 26.1 Å². The fourth-order valence-corrected chi connectivity index (χ4v) is 4.87. The molecule has 1 aliphatic heterocycles. The zero-order chi connectivity index (χ0) is 18.8. The van der Waals surface area contributed by atoms with Crippen LogP contribution in [0.2, 0.25) is 0 Å². The van der Waals surface area contributed by atoms with Gasteiger partial charge in [-0.05, 0) is 74.6 Å². The molecule has 2 aromatic rings. The Morgan fingerprint density at radius 3 is 2.44 bits per heavy atom. The van der Waals surface area contributed by atoms with Gasteiger partial charge >= 0.3 is 0 Å². The summed E-state index contributed by atoms with van der Waals surface area (Å²) in [5.41, 5.74) is 4.97. The van der Waals surface area contributed by atoms with Crippen LogP contribution in [0.5, 0.6) is 0 Å². The average Bonchev–Trinajstić information content (AvgIpc) is 3.05. The molecule has 1 aromatic heterocycles. The summed E-state index contributed by atoms with van der Waals surface area (Å²) in [6, 6.07) is 4.45. The second kappa shape index (κ2) is 8.04. The highest BCUT2D eigenvalue weighted by atomic mass is 16.2. The summed E-state index contributed by atoms with van der Waals surface area (Å²) in [7, 11) is 0. The molecule has 1 aromatic carbocycles. The highest BCUT2D eigenvalue weighted by molar-refractivity contribution is 5.77. The number of aryl methyl sites for hydroxylation is 2. The Labute approximate surface area is 163 Å². The van der Waals surface area contributed by atoms with Crippen LogP contribution in [-0.2, 0) is 11.3 Å². The topological polar surface area (TPSA) is 38.1 Å². The van der Waals surface area contributed by atoms with E-state index in [0.29, 0.717) is 17.7 Å². The van der Waals surface area contributed by atoms with Crippen LogP contribution in [0.25, 0.3) is 11.0 Å². The lowest BCUT2D eigenvalue weighted by Gasteiger charge is -2.33. The number of amides is 1. The number of carbonyl (C=O) groups excluding carboxylic acids is 1. The molecule has 4 rings (SSSR count). The van der Waals surface area contributed by atoms with Gasteiger partial charge in [0.15, 0.2) is 0 Å². The lowest BCUT2D eigenvalue weighted by atomic mass is 9.86. The van der Waals surface area contributed by atoms with E-state index < -0.39 is 0 Å². The number of likely N-dealkylation sites (tertiary alicyclic amines) is 1. The number of nitrogens with zero attached hydrogens (tertiary/aromatic N) is 3. The van der Waals surface area contributed by atoms with E-state index in [4.69, 9.17) is 0 Å². The Kier molecular flexibility index (Phi) is 5.51. The molecule has 0 atom stereocenters. The van der Waals surface area contributed by atoms with Crippen molar-refractivity contribution in [3.63, 3.8) is 0 Å². The molecule has 1 saturated carbocycles. The van der Waals surface area contributed by atoms with Crippen molar-refractivity contribution in [2.45, 2.75) is 71.8 Å². The van der Waals surface area contributed by atoms with Crippen molar-refractivity contribution in [3.8, 4) is 0 Å². The number of carbonyl (C=O) groups is 1. The lowest BCUT2D eigenvalue weighted by molar-refractivity contribution is -0.133. The van der Waals surface area contributed by atoms with Gasteiger partial charge in [-0.3, -0.25) is 4.79 Å². The summed E-state index contributed by atoms with van der Waals surface area (Å²) < 4.78 is 2.31. The Hall–Kier alpha value is -1.84. The summed E-state index contributed by atoms with van der Waals surface area (Å²) in [4.78, 5) is 19.4. The first kappa shape index (κ1) is 18.5. The van der Waals surface area contributed by atoms with E-state index in [-0.39, 0.29) is 0 Å². The van der Waals surface area contributed by atoms with Crippen LogP contribution in [-0.4, -0.2) is 33.4 Å². The normalized spacial score (nSPS) is 19.7. The molecule has 4 heteroatoms. The largest absolute Gasteiger partial charge is 0.343 e. The monoisotopic (exact) mass is 367 g/mol. The van der Waals surface area contributed by atoms with Crippen molar-refractivity contribution in [3.05, 3.63) is 29.6 Å². The molecule has 1 amide bonds. The number of rotatable bonds is 4. The number of aromatic nitrogens is 2. The molecule has 0 radical (unpaired) electrons. The summed E-state index contributed by atoms with van der Waals surface area (Å²) in [5.74, 6) is 1.69. The third-order valence-corrected chi connectivity index (χ3v) is 6.85. The third-order valence-electron chi connectivity index (χ3n) is 6.85. The molecule has 2 heterocycles. The van der Waals surface area contributed by atoms with Crippen LogP contribution in [0.3, 0.4) is 0 Å². The van der Waals surface area contributed by atoms with Crippen molar-refractivity contribution in [1.82, 2.24) is 14.5 Å². The van der Waals surface area contributed by atoms with Gasteiger partial charge in [0.25, 0.3) is 0 Å². The molecule has 4 nitrogen and oxygen atoms in total. The molecular weight excluding hydrogens is 334 g/mol. The van der Waals surface area contributed by atoms with Crippen LogP contribution in [0.1, 0.15) is 62.5 Å². The van der Waals surface area contributed by atoms with Gasteiger partial charge in [-0.2, -0.15) is 0 Å². The van der Waals surface area contributed by atoms with E-state index in [1.807, 2.05) is 6.33 Å². The number of piperidine rings is 1. The van der Waals surface area contributed by atoms with Gasteiger partial charge in [0.05, 0.1) is 17.4 Å². The number of imidazole rings is 1. The summed E-state index contributed by atoms with van der Waals surface area (Å²) in [6.45, 7) is 7.20. The SMILES string of the molecule is Cc1cc2ncn(CC3CCN(C(=O)CC4CCCCC4)CC3)c2cc1C. The summed E-state index contributed by atoms with van der Waals surface area (Å²) in [5, 5.41) is 0. The molecule has 0 spiro atoms. The molecule has 2 fully saturated rings. The molecule has 2 aliphatic rings. The Bertz CT molecular complexity index is 795. The van der Waals surface area contributed by atoms with E-state index in [1.165, 1.54) is 48.7 Å². The molecule has 0 unspecified atom stereocenters.